The first-order valence-corrected chi connectivity index (χ1v) is 9.46. The molecule has 2 aromatic rings. The van der Waals surface area contributed by atoms with Crippen molar-refractivity contribution in [3.63, 3.8) is 0 Å². The number of primary amides is 1. The van der Waals surface area contributed by atoms with E-state index in [1.54, 1.807) is 18.2 Å². The van der Waals surface area contributed by atoms with Crippen LogP contribution in [0.3, 0.4) is 0 Å². The van der Waals surface area contributed by atoms with E-state index in [2.05, 4.69) is 5.32 Å². The molecule has 1 aliphatic rings. The van der Waals surface area contributed by atoms with Crippen LogP contribution in [0.2, 0.25) is 0 Å². The van der Waals surface area contributed by atoms with Crippen LogP contribution in [0.25, 0.3) is 0 Å². The molecule has 1 saturated carbocycles. The molecule has 3 rings (SSSR count). The lowest BCUT2D eigenvalue weighted by molar-refractivity contribution is -0.143. The Balaban J connectivity index is 1.84. The molecule has 0 heterocycles. The maximum atomic E-state index is 13.1. The van der Waals surface area contributed by atoms with Gasteiger partial charge in [-0.05, 0) is 42.2 Å². The van der Waals surface area contributed by atoms with Gasteiger partial charge in [-0.15, -0.1) is 0 Å². The molecule has 0 spiro atoms. The number of urea groups is 1. The smallest absolute Gasteiger partial charge is 0.373 e. The molecular formula is C21H20F6N2O2. The minimum atomic E-state index is -4.92. The van der Waals surface area contributed by atoms with Crippen LogP contribution in [0.4, 0.5) is 31.1 Å². The van der Waals surface area contributed by atoms with E-state index in [0.717, 1.165) is 5.56 Å². The maximum absolute atomic E-state index is 13.1. The largest absolute Gasteiger partial charge is 0.416 e. The number of ether oxygens (including phenoxy) is 1. The zero-order valence-corrected chi connectivity index (χ0v) is 16.1. The second kappa shape index (κ2) is 8.78. The van der Waals surface area contributed by atoms with E-state index in [-0.39, 0.29) is 23.6 Å². The molecule has 3 N–H and O–H groups in total. The molecular weight excluding hydrogens is 426 g/mol. The maximum Gasteiger partial charge on any atom is 0.416 e. The fourth-order valence-corrected chi connectivity index (χ4v) is 3.92. The van der Waals surface area contributed by atoms with Gasteiger partial charge in [-0.1, -0.05) is 30.3 Å². The standard InChI is InChI=1S/C21H20F6N2O2/c22-20(23,24)14-8-12(9-15(10-14)21(25,26)27)11-31-17-7-6-16(29-19(28)30)18(17)13-4-2-1-3-5-13/h1-5,8-10,16-18H,6-7,11H2,(H3,28,29,30)/t16-,17+,18+/m1/s1. The Morgan fingerprint density at radius 3 is 2.06 bits per heavy atom. The van der Waals surface area contributed by atoms with Crippen LogP contribution < -0.4 is 11.1 Å². The van der Waals surface area contributed by atoms with Gasteiger partial charge in [0.25, 0.3) is 0 Å². The number of nitrogens with one attached hydrogen (secondary N) is 1. The monoisotopic (exact) mass is 446 g/mol. The Morgan fingerprint density at radius 1 is 0.968 bits per heavy atom. The van der Waals surface area contributed by atoms with E-state index in [1.165, 1.54) is 0 Å². The van der Waals surface area contributed by atoms with E-state index in [0.29, 0.717) is 25.0 Å². The Morgan fingerprint density at radius 2 is 1.55 bits per heavy atom. The van der Waals surface area contributed by atoms with Crippen molar-refractivity contribution in [1.82, 2.24) is 5.32 Å². The van der Waals surface area contributed by atoms with Crippen LogP contribution in [0.1, 0.15) is 41.0 Å². The first kappa shape index (κ1) is 22.9. The number of rotatable bonds is 5. The second-order valence-corrected chi connectivity index (χ2v) is 7.39. The third-order valence-corrected chi connectivity index (χ3v) is 5.22. The molecule has 0 bridgehead atoms. The average Bonchev–Trinajstić information content (AvgIpc) is 3.07. The number of hydrogen-bond donors (Lipinski definition) is 2. The zero-order chi connectivity index (χ0) is 22.8. The highest BCUT2D eigenvalue weighted by atomic mass is 19.4. The van der Waals surface area contributed by atoms with Crippen molar-refractivity contribution in [1.29, 1.82) is 0 Å². The lowest BCUT2D eigenvalue weighted by atomic mass is 9.92. The van der Waals surface area contributed by atoms with E-state index >= 15 is 0 Å². The highest BCUT2D eigenvalue weighted by Gasteiger charge is 2.39. The van der Waals surface area contributed by atoms with Crippen molar-refractivity contribution in [2.24, 2.45) is 5.73 Å². The average molecular weight is 446 g/mol. The lowest BCUT2D eigenvalue weighted by Gasteiger charge is -2.26. The van der Waals surface area contributed by atoms with Crippen LogP contribution in [-0.4, -0.2) is 18.2 Å². The normalized spacial score (nSPS) is 21.8. The van der Waals surface area contributed by atoms with Gasteiger partial charge in [0, 0.05) is 12.0 Å². The summed E-state index contributed by atoms with van der Waals surface area (Å²) in [5.74, 6) is -0.346. The van der Waals surface area contributed by atoms with Gasteiger partial charge in [0.05, 0.1) is 23.8 Å². The summed E-state index contributed by atoms with van der Waals surface area (Å²) in [5.41, 5.74) is 3.04. The summed E-state index contributed by atoms with van der Waals surface area (Å²) in [6.07, 6.45) is -9.42. The Bertz CT molecular complexity index is 882. The fourth-order valence-electron chi connectivity index (χ4n) is 3.92. The highest BCUT2D eigenvalue weighted by molar-refractivity contribution is 5.72. The summed E-state index contributed by atoms with van der Waals surface area (Å²) >= 11 is 0. The molecule has 10 heteroatoms. The molecule has 0 aromatic heterocycles. The molecule has 2 aromatic carbocycles. The Kier molecular flexibility index (Phi) is 6.49. The molecule has 0 saturated heterocycles. The molecule has 0 unspecified atom stereocenters. The molecule has 1 fully saturated rings. The first-order chi connectivity index (χ1) is 14.4. The van der Waals surface area contributed by atoms with Crippen LogP contribution in [-0.2, 0) is 23.7 Å². The van der Waals surface area contributed by atoms with Crippen LogP contribution in [0, 0.1) is 0 Å². The number of hydrogen-bond acceptors (Lipinski definition) is 2. The van der Waals surface area contributed by atoms with Crippen LogP contribution in [0.15, 0.2) is 48.5 Å². The number of alkyl halides is 6. The summed E-state index contributed by atoms with van der Waals surface area (Å²) in [7, 11) is 0. The predicted molar refractivity (Wildman–Crippen MR) is 99.9 cm³/mol. The van der Waals surface area contributed by atoms with Crippen molar-refractivity contribution < 1.29 is 35.9 Å². The van der Waals surface area contributed by atoms with Gasteiger partial charge in [0.2, 0.25) is 0 Å². The fraction of sp³-hybridized carbons (Fsp3) is 0.381. The molecule has 3 atom stereocenters. The number of carbonyl (C=O) groups is 1. The molecule has 31 heavy (non-hydrogen) atoms. The van der Waals surface area contributed by atoms with Crippen molar-refractivity contribution in [3.05, 3.63) is 70.8 Å². The Hall–Kier alpha value is -2.75. The van der Waals surface area contributed by atoms with Crippen molar-refractivity contribution >= 4 is 6.03 Å². The van der Waals surface area contributed by atoms with E-state index in [9.17, 15) is 31.1 Å². The van der Waals surface area contributed by atoms with E-state index < -0.39 is 42.2 Å². The van der Waals surface area contributed by atoms with Gasteiger partial charge >= 0.3 is 18.4 Å². The minimum absolute atomic E-state index is 0.0820. The molecule has 2 amide bonds. The van der Waals surface area contributed by atoms with Gasteiger partial charge in [-0.2, -0.15) is 26.3 Å². The van der Waals surface area contributed by atoms with Crippen molar-refractivity contribution in [2.45, 2.75) is 49.9 Å². The summed E-state index contributed by atoms with van der Waals surface area (Å²) in [6.45, 7) is -0.440. The number of carbonyl (C=O) groups excluding carboxylic acids is 1. The summed E-state index contributed by atoms with van der Waals surface area (Å²) in [4.78, 5) is 11.3. The third-order valence-electron chi connectivity index (χ3n) is 5.22. The van der Waals surface area contributed by atoms with Gasteiger partial charge < -0.3 is 15.8 Å². The number of amides is 2. The molecule has 4 nitrogen and oxygen atoms in total. The van der Waals surface area contributed by atoms with E-state index in [1.807, 2.05) is 12.1 Å². The zero-order valence-electron chi connectivity index (χ0n) is 16.1. The van der Waals surface area contributed by atoms with Gasteiger partial charge in [0.1, 0.15) is 0 Å². The van der Waals surface area contributed by atoms with Gasteiger partial charge in [-0.25, -0.2) is 4.79 Å². The molecule has 168 valence electrons. The van der Waals surface area contributed by atoms with Crippen molar-refractivity contribution in [3.8, 4) is 0 Å². The number of nitrogens with two attached hydrogens (primary N) is 1. The summed E-state index contributed by atoms with van der Waals surface area (Å²) in [5, 5.41) is 2.64. The quantitative estimate of drug-likeness (QED) is 0.619. The molecule has 0 aliphatic heterocycles. The summed E-state index contributed by atoms with van der Waals surface area (Å²) < 4.78 is 84.2. The first-order valence-electron chi connectivity index (χ1n) is 9.46. The van der Waals surface area contributed by atoms with Gasteiger partial charge in [0.15, 0.2) is 0 Å². The highest BCUT2D eigenvalue weighted by Crippen LogP contribution is 2.39. The topological polar surface area (TPSA) is 64.4 Å². The van der Waals surface area contributed by atoms with E-state index in [4.69, 9.17) is 10.5 Å². The number of benzene rings is 2. The molecule has 1 aliphatic carbocycles. The van der Waals surface area contributed by atoms with Gasteiger partial charge in [-0.3, -0.25) is 0 Å². The van der Waals surface area contributed by atoms with Crippen LogP contribution in [0.5, 0.6) is 0 Å². The second-order valence-electron chi connectivity index (χ2n) is 7.39. The van der Waals surface area contributed by atoms with Crippen LogP contribution >= 0.6 is 0 Å². The Labute approximate surface area is 174 Å². The third kappa shape index (κ3) is 5.69. The SMILES string of the molecule is NC(=O)N[C@@H]1CC[C@H](OCc2cc(C(F)(F)F)cc(C(F)(F)F)c2)[C@H]1c1ccccc1. The number of halogens is 6. The predicted octanol–water partition coefficient (Wildman–Crippen LogP) is 5.22. The summed E-state index contributed by atoms with van der Waals surface area (Å²) in [6, 6.07) is 9.30. The molecule has 0 radical (unpaired) electrons. The lowest BCUT2D eigenvalue weighted by Crippen LogP contribution is -2.41. The minimum Gasteiger partial charge on any atom is -0.373 e. The van der Waals surface area contributed by atoms with Crippen molar-refractivity contribution in [2.75, 3.05) is 0 Å².